The summed E-state index contributed by atoms with van der Waals surface area (Å²) >= 11 is 0.994. The number of aromatic nitrogens is 2. The summed E-state index contributed by atoms with van der Waals surface area (Å²) in [7, 11) is 0. The Balaban J connectivity index is 1.70. The second-order valence-corrected chi connectivity index (χ2v) is 9.53. The molecule has 2 aliphatic rings. The van der Waals surface area contributed by atoms with Crippen LogP contribution in [0.25, 0.3) is 22.3 Å². The molecule has 164 valence electrons. The Morgan fingerprint density at radius 2 is 2.09 bits per heavy atom. The number of nitrogens with zero attached hydrogens (tertiary/aromatic N) is 2. The van der Waals surface area contributed by atoms with Crippen molar-refractivity contribution in [2.75, 3.05) is 0 Å². The number of carbonyl (C=O) groups excluding carboxylic acids is 2. The summed E-state index contributed by atoms with van der Waals surface area (Å²) in [6, 6.07) is 11.7. The van der Waals surface area contributed by atoms with Crippen LogP contribution in [0.3, 0.4) is 0 Å². The van der Waals surface area contributed by atoms with Crippen molar-refractivity contribution in [2.24, 2.45) is 0 Å². The molecular formula is C24H22N2O5S. The first-order valence-corrected chi connectivity index (χ1v) is 11.4. The molecular weight excluding hydrogens is 428 g/mol. The number of hydrogen-bond acceptors (Lipinski definition) is 7. The van der Waals surface area contributed by atoms with Crippen molar-refractivity contribution in [3.05, 3.63) is 63.4 Å². The van der Waals surface area contributed by atoms with E-state index in [2.05, 4.69) is 6.07 Å². The zero-order valence-electron chi connectivity index (χ0n) is 18.0. The third-order valence-corrected chi connectivity index (χ3v) is 6.84. The maximum Gasteiger partial charge on any atom is 0.343 e. The number of fused-ring (bicyclic) bond motifs is 5. The van der Waals surface area contributed by atoms with Gasteiger partial charge in [-0.2, -0.15) is 0 Å². The zero-order valence-corrected chi connectivity index (χ0v) is 18.8. The van der Waals surface area contributed by atoms with Gasteiger partial charge < -0.3 is 14.0 Å². The highest BCUT2D eigenvalue weighted by molar-refractivity contribution is 8.13. The van der Waals surface area contributed by atoms with Gasteiger partial charge in [-0.3, -0.25) is 9.59 Å². The lowest BCUT2D eigenvalue weighted by atomic mass is 9.85. The lowest BCUT2D eigenvalue weighted by Gasteiger charge is -2.37. The van der Waals surface area contributed by atoms with Crippen molar-refractivity contribution >= 4 is 33.7 Å². The Morgan fingerprint density at radius 3 is 2.84 bits per heavy atom. The fraction of sp³-hybridized carbons (Fsp3) is 0.333. The number of esters is 1. The number of benzene rings is 1. The molecule has 2 atom stereocenters. The second kappa shape index (κ2) is 7.56. The lowest BCUT2D eigenvalue weighted by Crippen LogP contribution is -2.47. The smallest absolute Gasteiger partial charge is 0.343 e. The van der Waals surface area contributed by atoms with Gasteiger partial charge in [0.25, 0.3) is 5.56 Å². The third kappa shape index (κ3) is 3.09. The highest BCUT2D eigenvalue weighted by Crippen LogP contribution is 2.42. The van der Waals surface area contributed by atoms with Crippen molar-refractivity contribution < 1.29 is 19.1 Å². The molecule has 5 rings (SSSR count). The quantitative estimate of drug-likeness (QED) is 0.346. The van der Waals surface area contributed by atoms with Crippen LogP contribution in [0.1, 0.15) is 43.9 Å². The molecule has 0 aliphatic carbocycles. The first kappa shape index (κ1) is 20.9. The average molecular weight is 451 g/mol. The molecule has 0 saturated heterocycles. The summed E-state index contributed by atoms with van der Waals surface area (Å²) in [4.78, 5) is 42.9. The van der Waals surface area contributed by atoms with Crippen molar-refractivity contribution in [1.82, 2.24) is 9.55 Å². The minimum absolute atomic E-state index is 0.0988. The second-order valence-electron chi connectivity index (χ2n) is 8.05. The van der Waals surface area contributed by atoms with Gasteiger partial charge in [-0.05, 0) is 31.5 Å². The monoisotopic (exact) mass is 450 g/mol. The topological polar surface area (TPSA) is 87.5 Å². The van der Waals surface area contributed by atoms with Crippen LogP contribution in [0.2, 0.25) is 0 Å². The minimum Gasteiger partial charge on any atom is -0.458 e. The van der Waals surface area contributed by atoms with Crippen LogP contribution in [-0.2, 0) is 37.8 Å². The number of pyridine rings is 2. The van der Waals surface area contributed by atoms with Gasteiger partial charge in [-0.15, -0.1) is 0 Å². The van der Waals surface area contributed by atoms with Crippen LogP contribution < -0.4 is 5.56 Å². The first-order valence-electron chi connectivity index (χ1n) is 10.5. The summed E-state index contributed by atoms with van der Waals surface area (Å²) in [6.07, 6.45) is 0.266. The minimum atomic E-state index is -1.45. The molecule has 0 fully saturated rings. The van der Waals surface area contributed by atoms with Gasteiger partial charge in [0.1, 0.15) is 12.0 Å². The van der Waals surface area contributed by atoms with Crippen LogP contribution in [0.15, 0.2) is 41.2 Å². The normalized spacial score (nSPS) is 19.8. The number of ether oxygens (including phenoxy) is 2. The molecule has 1 aromatic carbocycles. The van der Waals surface area contributed by atoms with E-state index in [4.69, 9.17) is 14.5 Å². The highest BCUT2D eigenvalue weighted by Gasteiger charge is 2.49. The van der Waals surface area contributed by atoms with E-state index in [-0.39, 0.29) is 23.7 Å². The lowest BCUT2D eigenvalue weighted by molar-refractivity contribution is -0.182. The standard InChI is InChI=1S/C24H22N2O5S/c1-4-24(31-14(3)32-13(2)27)18-10-20-21-16(9-15-7-5-6-8-19(15)25-21)11-26(20)22(28)17(18)12-30-23(24)29/h5-10,14H,4,11-12H2,1-3H3/t14?,24-/m0/s1. The summed E-state index contributed by atoms with van der Waals surface area (Å²) in [5.74, 6) is -0.544. The maximum absolute atomic E-state index is 13.5. The molecule has 0 spiro atoms. The van der Waals surface area contributed by atoms with Gasteiger partial charge in [0.15, 0.2) is 10.7 Å². The number of carbonyl (C=O) groups is 2. The SMILES string of the molecule is CC[C@@]1(OC(C)SC(C)=O)C(=O)OCc2c1cc1n(c2=O)Cc2cc3ccccc3nc2-1. The molecule has 0 amide bonds. The molecule has 4 heterocycles. The van der Waals surface area contributed by atoms with Gasteiger partial charge in [0.05, 0.1) is 29.0 Å². The molecule has 0 saturated carbocycles. The van der Waals surface area contributed by atoms with E-state index < -0.39 is 17.0 Å². The predicted molar refractivity (Wildman–Crippen MR) is 121 cm³/mol. The molecule has 0 radical (unpaired) electrons. The van der Waals surface area contributed by atoms with Crippen LogP contribution >= 0.6 is 11.8 Å². The molecule has 32 heavy (non-hydrogen) atoms. The maximum atomic E-state index is 13.5. The van der Waals surface area contributed by atoms with E-state index in [0.717, 1.165) is 33.9 Å². The van der Waals surface area contributed by atoms with E-state index in [1.807, 2.05) is 37.3 Å². The summed E-state index contributed by atoms with van der Waals surface area (Å²) in [5, 5.41) is 0.892. The molecule has 2 aromatic heterocycles. The van der Waals surface area contributed by atoms with Gasteiger partial charge >= 0.3 is 5.97 Å². The summed E-state index contributed by atoms with van der Waals surface area (Å²) < 4.78 is 13.2. The Hall–Kier alpha value is -2.97. The number of hydrogen-bond donors (Lipinski definition) is 0. The van der Waals surface area contributed by atoms with Gasteiger partial charge in [0.2, 0.25) is 0 Å². The molecule has 2 aliphatic heterocycles. The first-order chi connectivity index (χ1) is 15.3. The van der Waals surface area contributed by atoms with Gasteiger partial charge in [-0.25, -0.2) is 9.78 Å². The van der Waals surface area contributed by atoms with E-state index >= 15 is 0 Å². The van der Waals surface area contributed by atoms with Crippen molar-refractivity contribution in [3.8, 4) is 11.4 Å². The highest BCUT2D eigenvalue weighted by atomic mass is 32.2. The molecule has 8 heteroatoms. The molecule has 7 nitrogen and oxygen atoms in total. The van der Waals surface area contributed by atoms with E-state index in [0.29, 0.717) is 23.4 Å². The van der Waals surface area contributed by atoms with Crippen LogP contribution in [0, 0.1) is 0 Å². The van der Waals surface area contributed by atoms with Crippen molar-refractivity contribution in [2.45, 2.75) is 51.4 Å². The number of thioether (sulfide) groups is 1. The number of cyclic esters (lactones) is 1. The fourth-order valence-electron chi connectivity index (χ4n) is 4.65. The Labute approximate surface area is 188 Å². The average Bonchev–Trinajstić information content (AvgIpc) is 3.11. The van der Waals surface area contributed by atoms with Crippen LogP contribution in [0.5, 0.6) is 0 Å². The fourth-order valence-corrected chi connectivity index (χ4v) is 5.33. The van der Waals surface area contributed by atoms with E-state index in [1.54, 1.807) is 11.5 Å². The molecule has 0 bridgehead atoms. The van der Waals surface area contributed by atoms with Crippen LogP contribution in [0.4, 0.5) is 0 Å². The van der Waals surface area contributed by atoms with E-state index in [9.17, 15) is 14.4 Å². The molecule has 0 N–H and O–H groups in total. The van der Waals surface area contributed by atoms with Crippen molar-refractivity contribution in [1.29, 1.82) is 0 Å². The van der Waals surface area contributed by atoms with Crippen molar-refractivity contribution in [3.63, 3.8) is 0 Å². The Morgan fingerprint density at radius 1 is 1.31 bits per heavy atom. The Kier molecular flexibility index (Phi) is 4.94. The molecule has 1 unspecified atom stereocenters. The van der Waals surface area contributed by atoms with Gasteiger partial charge in [-0.1, -0.05) is 36.9 Å². The zero-order chi connectivity index (χ0) is 22.6. The van der Waals surface area contributed by atoms with Gasteiger partial charge in [0, 0.05) is 23.4 Å². The summed E-state index contributed by atoms with van der Waals surface area (Å²) in [5.41, 5.74) is 1.86. The summed E-state index contributed by atoms with van der Waals surface area (Å²) in [6.45, 7) is 5.29. The van der Waals surface area contributed by atoms with E-state index in [1.165, 1.54) is 6.92 Å². The number of para-hydroxylation sites is 1. The third-order valence-electron chi connectivity index (χ3n) is 6.08. The van der Waals surface area contributed by atoms with Crippen LogP contribution in [-0.4, -0.2) is 26.1 Å². The molecule has 3 aromatic rings. The Bertz CT molecular complexity index is 1350. The predicted octanol–water partition coefficient (Wildman–Crippen LogP) is 3.73. The number of rotatable bonds is 4. The largest absolute Gasteiger partial charge is 0.458 e.